The number of pyridine rings is 1. The van der Waals surface area contributed by atoms with E-state index in [0.717, 1.165) is 18.6 Å². The average Bonchev–Trinajstić information content (AvgIpc) is 2.54. The van der Waals surface area contributed by atoms with Gasteiger partial charge in [-0.05, 0) is 63.5 Å². The van der Waals surface area contributed by atoms with Crippen molar-refractivity contribution in [2.75, 3.05) is 13.1 Å². The van der Waals surface area contributed by atoms with Crippen molar-refractivity contribution < 1.29 is 0 Å². The van der Waals surface area contributed by atoms with Gasteiger partial charge in [0.15, 0.2) is 0 Å². The first-order chi connectivity index (χ1) is 10.1. The summed E-state index contributed by atoms with van der Waals surface area (Å²) in [5.41, 5.74) is 8.85. The molecule has 1 saturated heterocycles. The van der Waals surface area contributed by atoms with Gasteiger partial charge in [0.25, 0.3) is 0 Å². The summed E-state index contributed by atoms with van der Waals surface area (Å²) in [6.45, 7) is 6.87. The highest BCUT2D eigenvalue weighted by molar-refractivity contribution is 5.79. The second-order valence-electron chi connectivity index (χ2n) is 6.63. The van der Waals surface area contributed by atoms with Gasteiger partial charge in [-0.3, -0.25) is 9.88 Å². The van der Waals surface area contributed by atoms with E-state index in [4.69, 9.17) is 5.73 Å². The van der Waals surface area contributed by atoms with E-state index in [1.54, 1.807) is 0 Å². The first-order valence-electron chi connectivity index (χ1n) is 7.94. The van der Waals surface area contributed by atoms with Gasteiger partial charge >= 0.3 is 0 Å². The Hall–Kier alpha value is -1.45. The SMILES string of the molecule is CC(C)(C(N)c1ccc2ncccc2c1)N1CCCCC1. The molecule has 0 saturated carbocycles. The number of piperidine rings is 1. The summed E-state index contributed by atoms with van der Waals surface area (Å²) in [6.07, 6.45) is 5.76. The molecule has 3 nitrogen and oxygen atoms in total. The molecule has 0 radical (unpaired) electrons. The molecule has 2 aromatic rings. The molecule has 2 N–H and O–H groups in total. The molecule has 1 aromatic heterocycles. The molecule has 0 aliphatic carbocycles. The Morgan fingerprint density at radius 2 is 1.90 bits per heavy atom. The molecule has 1 fully saturated rings. The van der Waals surface area contributed by atoms with Crippen molar-refractivity contribution in [2.24, 2.45) is 5.73 Å². The van der Waals surface area contributed by atoms with Gasteiger partial charge < -0.3 is 5.73 Å². The lowest BCUT2D eigenvalue weighted by Gasteiger charge is -2.44. The molecule has 3 heteroatoms. The van der Waals surface area contributed by atoms with Crippen LogP contribution in [0.1, 0.15) is 44.7 Å². The Labute approximate surface area is 127 Å². The monoisotopic (exact) mass is 283 g/mol. The molecule has 112 valence electrons. The third-order valence-electron chi connectivity index (χ3n) is 4.92. The lowest BCUT2D eigenvalue weighted by atomic mass is 9.86. The number of likely N-dealkylation sites (tertiary alicyclic amines) is 1. The number of benzene rings is 1. The maximum Gasteiger partial charge on any atom is 0.0702 e. The molecule has 0 amide bonds. The van der Waals surface area contributed by atoms with Crippen LogP contribution in [-0.2, 0) is 0 Å². The standard InChI is InChI=1S/C18H25N3/c1-18(2,21-11-4-3-5-12-21)17(19)15-8-9-16-14(13-15)7-6-10-20-16/h6-10,13,17H,3-5,11-12,19H2,1-2H3. The van der Waals surface area contributed by atoms with Gasteiger partial charge in [-0.15, -0.1) is 0 Å². The topological polar surface area (TPSA) is 42.1 Å². The second kappa shape index (κ2) is 5.74. The maximum atomic E-state index is 6.63. The Morgan fingerprint density at radius 3 is 2.67 bits per heavy atom. The van der Waals surface area contributed by atoms with Gasteiger partial charge in [-0.1, -0.05) is 18.6 Å². The number of fused-ring (bicyclic) bond motifs is 1. The minimum absolute atomic E-state index is 0.0141. The van der Waals surface area contributed by atoms with Crippen LogP contribution in [0.2, 0.25) is 0 Å². The van der Waals surface area contributed by atoms with E-state index in [0.29, 0.717) is 0 Å². The molecule has 0 spiro atoms. The van der Waals surface area contributed by atoms with Crippen LogP contribution in [0, 0.1) is 0 Å². The molecular weight excluding hydrogens is 258 g/mol. The summed E-state index contributed by atoms with van der Waals surface area (Å²) < 4.78 is 0. The van der Waals surface area contributed by atoms with Gasteiger partial charge in [0, 0.05) is 23.2 Å². The van der Waals surface area contributed by atoms with E-state index >= 15 is 0 Å². The van der Waals surface area contributed by atoms with Crippen LogP contribution < -0.4 is 5.73 Å². The van der Waals surface area contributed by atoms with Gasteiger partial charge in [0.1, 0.15) is 0 Å². The van der Waals surface area contributed by atoms with Crippen LogP contribution in [-0.4, -0.2) is 28.5 Å². The summed E-state index contributed by atoms with van der Waals surface area (Å²) >= 11 is 0. The van der Waals surface area contributed by atoms with Crippen molar-refractivity contribution in [3.05, 3.63) is 42.1 Å². The lowest BCUT2D eigenvalue weighted by molar-refractivity contribution is 0.0730. The van der Waals surface area contributed by atoms with Gasteiger partial charge in [-0.25, -0.2) is 0 Å². The van der Waals surface area contributed by atoms with Gasteiger partial charge in [0.2, 0.25) is 0 Å². The zero-order chi connectivity index (χ0) is 14.9. The van der Waals surface area contributed by atoms with Crippen molar-refractivity contribution in [1.82, 2.24) is 9.88 Å². The van der Waals surface area contributed by atoms with Crippen LogP contribution in [0.15, 0.2) is 36.5 Å². The van der Waals surface area contributed by atoms with Crippen molar-refractivity contribution in [2.45, 2.75) is 44.7 Å². The maximum absolute atomic E-state index is 6.63. The number of nitrogens with zero attached hydrogens (tertiary/aromatic N) is 2. The van der Waals surface area contributed by atoms with Crippen LogP contribution in [0.4, 0.5) is 0 Å². The predicted molar refractivity (Wildman–Crippen MR) is 88.2 cm³/mol. The number of hydrogen-bond donors (Lipinski definition) is 1. The quantitative estimate of drug-likeness (QED) is 0.937. The third kappa shape index (κ3) is 2.81. The molecule has 1 aliphatic heterocycles. The highest BCUT2D eigenvalue weighted by Gasteiger charge is 2.34. The molecule has 3 rings (SSSR count). The number of hydrogen-bond acceptors (Lipinski definition) is 3. The van der Waals surface area contributed by atoms with Gasteiger partial charge in [0.05, 0.1) is 5.52 Å². The van der Waals surface area contributed by atoms with Crippen molar-refractivity contribution in [3.63, 3.8) is 0 Å². The average molecular weight is 283 g/mol. The molecule has 0 bridgehead atoms. The fourth-order valence-corrected chi connectivity index (χ4v) is 3.36. The highest BCUT2D eigenvalue weighted by atomic mass is 15.2. The molecule has 1 aromatic carbocycles. The smallest absolute Gasteiger partial charge is 0.0702 e. The third-order valence-corrected chi connectivity index (χ3v) is 4.92. The fraction of sp³-hybridized carbons (Fsp3) is 0.500. The zero-order valence-corrected chi connectivity index (χ0v) is 13.0. The van der Waals surface area contributed by atoms with E-state index < -0.39 is 0 Å². The second-order valence-corrected chi connectivity index (χ2v) is 6.63. The Balaban J connectivity index is 1.89. The highest BCUT2D eigenvalue weighted by Crippen LogP contribution is 2.32. The molecule has 1 unspecified atom stereocenters. The van der Waals surface area contributed by atoms with Crippen LogP contribution in [0.25, 0.3) is 10.9 Å². The molecule has 1 atom stereocenters. The number of rotatable bonds is 3. The van der Waals surface area contributed by atoms with E-state index in [2.05, 4.69) is 48.0 Å². The normalized spacial score (nSPS) is 18.8. The molecular formula is C18H25N3. The summed E-state index contributed by atoms with van der Waals surface area (Å²) in [5, 5.41) is 1.17. The minimum Gasteiger partial charge on any atom is -0.322 e. The van der Waals surface area contributed by atoms with Crippen LogP contribution in [0.5, 0.6) is 0 Å². The van der Waals surface area contributed by atoms with Crippen molar-refractivity contribution in [1.29, 1.82) is 0 Å². The number of aromatic nitrogens is 1. The van der Waals surface area contributed by atoms with Crippen LogP contribution in [0.3, 0.4) is 0 Å². The molecule has 1 aliphatic rings. The zero-order valence-electron chi connectivity index (χ0n) is 13.0. The Kier molecular flexibility index (Phi) is 3.96. The Morgan fingerprint density at radius 1 is 1.14 bits per heavy atom. The van der Waals surface area contributed by atoms with E-state index in [1.165, 1.54) is 30.2 Å². The van der Waals surface area contributed by atoms with E-state index in [9.17, 15) is 0 Å². The summed E-state index contributed by atoms with van der Waals surface area (Å²) in [7, 11) is 0. The van der Waals surface area contributed by atoms with Crippen LogP contribution >= 0.6 is 0 Å². The van der Waals surface area contributed by atoms with Gasteiger partial charge in [-0.2, -0.15) is 0 Å². The molecule has 2 heterocycles. The van der Waals surface area contributed by atoms with Crippen molar-refractivity contribution >= 4 is 10.9 Å². The first kappa shape index (κ1) is 14.5. The largest absolute Gasteiger partial charge is 0.322 e. The Bertz CT molecular complexity index is 615. The van der Waals surface area contributed by atoms with Crippen molar-refractivity contribution in [3.8, 4) is 0 Å². The lowest BCUT2D eigenvalue weighted by Crippen LogP contribution is -2.53. The minimum atomic E-state index is -0.0176. The fourth-order valence-electron chi connectivity index (χ4n) is 3.36. The molecule has 21 heavy (non-hydrogen) atoms. The summed E-state index contributed by atoms with van der Waals surface area (Å²) in [4.78, 5) is 6.93. The van der Waals surface area contributed by atoms with E-state index in [1.807, 2.05) is 12.3 Å². The summed E-state index contributed by atoms with van der Waals surface area (Å²) in [5.74, 6) is 0. The first-order valence-corrected chi connectivity index (χ1v) is 7.94. The number of nitrogens with two attached hydrogens (primary N) is 1. The van der Waals surface area contributed by atoms with E-state index in [-0.39, 0.29) is 11.6 Å². The predicted octanol–water partition coefficient (Wildman–Crippen LogP) is 3.50. The summed E-state index contributed by atoms with van der Waals surface area (Å²) in [6, 6.07) is 10.5.